The highest BCUT2D eigenvalue weighted by atomic mass is 32.2. The molecule has 0 aliphatic heterocycles. The number of hydrogen-bond acceptors (Lipinski definition) is 4. The molecule has 7 heteroatoms. The minimum absolute atomic E-state index is 0.0146. The monoisotopic (exact) mass is 356 g/mol. The van der Waals surface area contributed by atoms with E-state index >= 15 is 0 Å². The number of esters is 1. The van der Waals surface area contributed by atoms with Crippen molar-refractivity contribution in [3.63, 3.8) is 0 Å². The van der Waals surface area contributed by atoms with Gasteiger partial charge in [-0.25, -0.2) is 4.79 Å². The predicted molar refractivity (Wildman–Crippen MR) is 84.5 cm³/mol. The average molecular weight is 356 g/mol. The number of hydrogen-bond donors (Lipinski definition) is 0. The van der Waals surface area contributed by atoms with Gasteiger partial charge >= 0.3 is 12.1 Å². The van der Waals surface area contributed by atoms with E-state index in [-0.39, 0.29) is 17.1 Å². The second-order valence-electron chi connectivity index (χ2n) is 4.71. The minimum atomic E-state index is -4.57. The van der Waals surface area contributed by atoms with Gasteiger partial charge in [0.15, 0.2) is 0 Å². The molecule has 0 fully saturated rings. The molecule has 0 heterocycles. The Balaban J connectivity index is 2.35. The fourth-order valence-corrected chi connectivity index (χ4v) is 2.90. The van der Waals surface area contributed by atoms with Crippen molar-refractivity contribution in [3.8, 4) is 5.75 Å². The highest BCUT2D eigenvalue weighted by Crippen LogP contribution is 2.40. The van der Waals surface area contributed by atoms with E-state index in [2.05, 4.69) is 0 Å². The van der Waals surface area contributed by atoms with E-state index in [9.17, 15) is 18.0 Å². The summed E-state index contributed by atoms with van der Waals surface area (Å²) in [6.45, 7) is 1.69. The van der Waals surface area contributed by atoms with Gasteiger partial charge in [-0.3, -0.25) is 0 Å². The molecule has 0 atom stereocenters. The van der Waals surface area contributed by atoms with E-state index < -0.39 is 17.7 Å². The van der Waals surface area contributed by atoms with Gasteiger partial charge in [-0.1, -0.05) is 11.8 Å². The van der Waals surface area contributed by atoms with Crippen molar-refractivity contribution in [2.24, 2.45) is 0 Å². The average Bonchev–Trinajstić information content (AvgIpc) is 2.55. The maximum atomic E-state index is 13.3. The normalized spacial score (nSPS) is 11.2. The molecule has 0 saturated heterocycles. The Morgan fingerprint density at radius 3 is 2.33 bits per heavy atom. The van der Waals surface area contributed by atoms with Gasteiger partial charge in [0.2, 0.25) is 0 Å². The molecule has 0 spiro atoms. The Morgan fingerprint density at radius 2 is 1.79 bits per heavy atom. The lowest BCUT2D eigenvalue weighted by Crippen LogP contribution is -2.11. The Labute approximate surface area is 141 Å². The molecule has 24 heavy (non-hydrogen) atoms. The van der Waals surface area contributed by atoms with Crippen molar-refractivity contribution >= 4 is 17.7 Å². The fraction of sp³-hybridized carbons (Fsp3) is 0.235. The molecule has 0 N–H and O–H groups in total. The largest absolute Gasteiger partial charge is 0.497 e. The molecular weight excluding hydrogens is 341 g/mol. The van der Waals surface area contributed by atoms with Crippen LogP contribution < -0.4 is 4.74 Å². The summed E-state index contributed by atoms with van der Waals surface area (Å²) >= 11 is 0.966. The van der Waals surface area contributed by atoms with Gasteiger partial charge in [0.1, 0.15) is 5.75 Å². The lowest BCUT2D eigenvalue weighted by Gasteiger charge is -2.14. The first-order chi connectivity index (χ1) is 11.3. The molecule has 0 unspecified atom stereocenters. The third kappa shape index (κ3) is 4.44. The number of ether oxygens (including phenoxy) is 2. The van der Waals surface area contributed by atoms with Crippen LogP contribution in [-0.4, -0.2) is 19.7 Å². The predicted octanol–water partition coefficient (Wildman–Crippen LogP) is 5.04. The molecule has 0 bridgehead atoms. The maximum Gasteiger partial charge on any atom is 0.417 e. The summed E-state index contributed by atoms with van der Waals surface area (Å²) in [5.41, 5.74) is -0.989. The van der Waals surface area contributed by atoms with Crippen LogP contribution in [0.1, 0.15) is 22.8 Å². The Morgan fingerprint density at radius 1 is 1.12 bits per heavy atom. The number of rotatable bonds is 5. The maximum absolute atomic E-state index is 13.3. The van der Waals surface area contributed by atoms with Crippen molar-refractivity contribution in [1.29, 1.82) is 0 Å². The Hall–Kier alpha value is -2.15. The Bertz CT molecular complexity index is 712. The van der Waals surface area contributed by atoms with Crippen LogP contribution in [0.25, 0.3) is 0 Å². The fourth-order valence-electron chi connectivity index (χ4n) is 1.95. The van der Waals surface area contributed by atoms with Crippen LogP contribution >= 0.6 is 11.8 Å². The first-order valence-corrected chi connectivity index (χ1v) is 7.87. The standard InChI is InChI=1S/C17H15F3O3S/c1-3-23-16(21)11-4-9-15(14(10-11)17(18,19)20)24-13-7-5-12(22-2)6-8-13/h4-10H,3H2,1-2H3. The first-order valence-electron chi connectivity index (χ1n) is 7.05. The molecule has 0 radical (unpaired) electrons. The molecule has 2 aromatic rings. The lowest BCUT2D eigenvalue weighted by molar-refractivity contribution is -0.139. The summed E-state index contributed by atoms with van der Waals surface area (Å²) in [6.07, 6.45) is -4.57. The van der Waals surface area contributed by atoms with Gasteiger partial charge in [-0.05, 0) is 49.4 Å². The van der Waals surface area contributed by atoms with Gasteiger partial charge in [0, 0.05) is 9.79 Å². The topological polar surface area (TPSA) is 35.5 Å². The van der Waals surface area contributed by atoms with Gasteiger partial charge in [0.25, 0.3) is 0 Å². The number of methoxy groups -OCH3 is 1. The number of carbonyl (C=O) groups is 1. The number of halogens is 3. The SMILES string of the molecule is CCOC(=O)c1ccc(Sc2ccc(OC)cc2)c(C(F)(F)F)c1. The summed E-state index contributed by atoms with van der Waals surface area (Å²) in [5.74, 6) is -0.156. The summed E-state index contributed by atoms with van der Waals surface area (Å²) in [4.78, 5) is 12.3. The third-order valence-electron chi connectivity index (χ3n) is 3.08. The molecule has 0 aromatic heterocycles. The van der Waals surface area contributed by atoms with Crippen LogP contribution in [-0.2, 0) is 10.9 Å². The number of alkyl halides is 3. The molecule has 0 amide bonds. The zero-order chi connectivity index (χ0) is 17.7. The van der Waals surface area contributed by atoms with Gasteiger partial charge in [-0.15, -0.1) is 0 Å². The zero-order valence-electron chi connectivity index (χ0n) is 13.0. The van der Waals surface area contributed by atoms with Crippen LogP contribution in [0.15, 0.2) is 52.3 Å². The summed E-state index contributed by atoms with van der Waals surface area (Å²) in [7, 11) is 1.51. The van der Waals surface area contributed by atoms with Crippen molar-refractivity contribution in [3.05, 3.63) is 53.6 Å². The summed E-state index contributed by atoms with van der Waals surface area (Å²) < 4.78 is 49.7. The smallest absolute Gasteiger partial charge is 0.417 e. The molecule has 0 saturated carbocycles. The van der Waals surface area contributed by atoms with Gasteiger partial charge < -0.3 is 9.47 Å². The molecule has 128 valence electrons. The summed E-state index contributed by atoms with van der Waals surface area (Å²) in [6, 6.07) is 10.1. The van der Waals surface area contributed by atoms with E-state index in [0.717, 1.165) is 17.8 Å². The minimum Gasteiger partial charge on any atom is -0.497 e. The zero-order valence-corrected chi connectivity index (χ0v) is 13.8. The molecule has 0 aliphatic rings. The van der Waals surface area contributed by atoms with Crippen molar-refractivity contribution < 1.29 is 27.4 Å². The van der Waals surface area contributed by atoms with Crippen LogP contribution in [0, 0.1) is 0 Å². The van der Waals surface area contributed by atoms with Gasteiger partial charge in [0.05, 0.1) is 24.8 Å². The van der Waals surface area contributed by atoms with Crippen molar-refractivity contribution in [2.45, 2.75) is 22.9 Å². The Kier molecular flexibility index (Phi) is 5.77. The molecule has 2 rings (SSSR count). The van der Waals surface area contributed by atoms with E-state index in [4.69, 9.17) is 9.47 Å². The van der Waals surface area contributed by atoms with E-state index in [0.29, 0.717) is 10.6 Å². The summed E-state index contributed by atoms with van der Waals surface area (Å²) in [5, 5.41) is 0. The molecule has 2 aromatic carbocycles. The van der Waals surface area contributed by atoms with Crippen LogP contribution in [0.5, 0.6) is 5.75 Å². The third-order valence-corrected chi connectivity index (χ3v) is 4.17. The first kappa shape index (κ1) is 18.2. The molecular formula is C17H15F3O3S. The quantitative estimate of drug-likeness (QED) is 0.703. The second-order valence-corrected chi connectivity index (χ2v) is 5.82. The van der Waals surface area contributed by atoms with E-state index in [1.165, 1.54) is 19.2 Å². The van der Waals surface area contributed by atoms with Crippen molar-refractivity contribution in [2.75, 3.05) is 13.7 Å². The number of benzene rings is 2. The molecule has 3 nitrogen and oxygen atoms in total. The highest BCUT2D eigenvalue weighted by molar-refractivity contribution is 7.99. The second kappa shape index (κ2) is 7.61. The van der Waals surface area contributed by atoms with Crippen molar-refractivity contribution in [1.82, 2.24) is 0 Å². The van der Waals surface area contributed by atoms with E-state index in [1.807, 2.05) is 0 Å². The molecule has 0 aliphatic carbocycles. The number of carbonyl (C=O) groups excluding carboxylic acids is 1. The van der Waals surface area contributed by atoms with Crippen LogP contribution in [0.4, 0.5) is 13.2 Å². The van der Waals surface area contributed by atoms with Gasteiger partial charge in [-0.2, -0.15) is 13.2 Å². The van der Waals surface area contributed by atoms with Crippen LogP contribution in [0.2, 0.25) is 0 Å². The van der Waals surface area contributed by atoms with Crippen LogP contribution in [0.3, 0.4) is 0 Å². The lowest BCUT2D eigenvalue weighted by atomic mass is 10.1. The van der Waals surface area contributed by atoms with E-state index in [1.54, 1.807) is 31.2 Å². The highest BCUT2D eigenvalue weighted by Gasteiger charge is 2.34.